The minimum absolute atomic E-state index is 0.0359. The Hall–Kier alpha value is -2.64. The number of hydrogen-bond acceptors (Lipinski definition) is 6. The maximum absolute atomic E-state index is 13.7. The highest BCUT2D eigenvalue weighted by Crippen LogP contribution is 2.35. The first-order chi connectivity index (χ1) is 14.2. The molecule has 3 unspecified atom stereocenters. The number of hydrogen-bond donors (Lipinski definition) is 2. The van der Waals surface area contributed by atoms with Crippen molar-refractivity contribution in [3.05, 3.63) is 53.9 Å². The Kier molecular flexibility index (Phi) is 5.97. The normalized spacial score (nSPS) is 24.3. The van der Waals surface area contributed by atoms with Crippen LogP contribution in [0, 0.1) is 0 Å². The predicted molar refractivity (Wildman–Crippen MR) is 110 cm³/mol. The first-order valence-corrected chi connectivity index (χ1v) is 10.1. The summed E-state index contributed by atoms with van der Waals surface area (Å²) in [6, 6.07) is 9.79. The average Bonchev–Trinajstić information content (AvgIpc) is 3.28. The topological polar surface area (TPSA) is 75.7 Å². The van der Waals surface area contributed by atoms with Crippen LogP contribution in [0.4, 0.5) is 0 Å². The fraction of sp³-hybridized carbons (Fsp3) is 0.455. The van der Waals surface area contributed by atoms with Crippen LogP contribution in [0.25, 0.3) is 0 Å². The molecule has 29 heavy (non-hydrogen) atoms. The monoisotopic (exact) mass is 396 g/mol. The third-order valence-electron chi connectivity index (χ3n) is 6.02. The smallest absolute Gasteiger partial charge is 0.261 e. The molecule has 3 atom stereocenters. The van der Waals surface area contributed by atoms with Gasteiger partial charge in [0.25, 0.3) is 5.91 Å². The van der Waals surface area contributed by atoms with Crippen LogP contribution in [0.3, 0.4) is 0 Å². The molecule has 1 amide bonds. The SMILES string of the molecule is COc1cccc(OC)c1C(=O)N1CCCCC1C1NNCC1c1ccncc1. The summed E-state index contributed by atoms with van der Waals surface area (Å²) in [5.74, 6) is 1.32. The number of piperidine rings is 1. The average molecular weight is 396 g/mol. The number of hydrazine groups is 1. The van der Waals surface area contributed by atoms with Crippen molar-refractivity contribution in [1.82, 2.24) is 20.7 Å². The molecule has 0 bridgehead atoms. The Morgan fingerprint density at radius 3 is 2.52 bits per heavy atom. The summed E-state index contributed by atoms with van der Waals surface area (Å²) in [6.07, 6.45) is 6.73. The lowest BCUT2D eigenvalue weighted by atomic mass is 9.84. The summed E-state index contributed by atoms with van der Waals surface area (Å²) in [7, 11) is 3.17. The second kappa shape index (κ2) is 8.80. The number of carbonyl (C=O) groups is 1. The molecule has 0 aliphatic carbocycles. The van der Waals surface area contributed by atoms with E-state index in [-0.39, 0.29) is 23.9 Å². The summed E-state index contributed by atoms with van der Waals surface area (Å²) in [4.78, 5) is 19.8. The summed E-state index contributed by atoms with van der Waals surface area (Å²) in [6.45, 7) is 1.55. The van der Waals surface area contributed by atoms with Gasteiger partial charge in [0, 0.05) is 43.5 Å². The van der Waals surface area contributed by atoms with Crippen LogP contribution >= 0.6 is 0 Å². The highest BCUT2D eigenvalue weighted by molar-refractivity contribution is 6.00. The van der Waals surface area contributed by atoms with Crippen LogP contribution in [-0.2, 0) is 0 Å². The van der Waals surface area contributed by atoms with Gasteiger partial charge in [0.05, 0.1) is 14.2 Å². The van der Waals surface area contributed by atoms with Gasteiger partial charge in [-0.3, -0.25) is 20.6 Å². The fourth-order valence-electron chi connectivity index (χ4n) is 4.60. The summed E-state index contributed by atoms with van der Waals surface area (Å²) in [5, 5.41) is 0. The van der Waals surface area contributed by atoms with Crippen molar-refractivity contribution in [2.24, 2.45) is 0 Å². The number of pyridine rings is 1. The number of amides is 1. The lowest BCUT2D eigenvalue weighted by Gasteiger charge is -2.41. The molecule has 2 fully saturated rings. The standard InChI is InChI=1S/C22H28N4O3/c1-28-18-7-5-8-19(29-2)20(18)22(27)26-13-4-3-6-17(26)21-16(14-24-25-21)15-9-11-23-12-10-15/h5,7-12,16-17,21,24-25H,3-4,6,13-14H2,1-2H3. The van der Waals surface area contributed by atoms with Crippen LogP contribution in [-0.4, -0.2) is 55.2 Å². The van der Waals surface area contributed by atoms with Crippen molar-refractivity contribution in [2.75, 3.05) is 27.3 Å². The van der Waals surface area contributed by atoms with Gasteiger partial charge >= 0.3 is 0 Å². The zero-order valence-corrected chi connectivity index (χ0v) is 16.9. The molecule has 0 saturated carbocycles. The van der Waals surface area contributed by atoms with E-state index in [4.69, 9.17) is 9.47 Å². The van der Waals surface area contributed by atoms with Gasteiger partial charge in [0.15, 0.2) is 0 Å². The molecule has 2 saturated heterocycles. The number of nitrogens with zero attached hydrogens (tertiary/aromatic N) is 2. The van der Waals surface area contributed by atoms with Crippen molar-refractivity contribution < 1.29 is 14.3 Å². The van der Waals surface area contributed by atoms with Gasteiger partial charge in [0.2, 0.25) is 0 Å². The van der Waals surface area contributed by atoms with Gasteiger partial charge in [-0.15, -0.1) is 0 Å². The molecule has 2 aliphatic rings. The van der Waals surface area contributed by atoms with E-state index < -0.39 is 0 Å². The molecule has 7 heteroatoms. The number of methoxy groups -OCH3 is 2. The van der Waals surface area contributed by atoms with Crippen molar-refractivity contribution in [3.8, 4) is 11.5 Å². The number of likely N-dealkylation sites (tertiary alicyclic amines) is 1. The Morgan fingerprint density at radius 2 is 1.83 bits per heavy atom. The van der Waals surface area contributed by atoms with E-state index in [0.29, 0.717) is 17.1 Å². The zero-order chi connectivity index (χ0) is 20.2. The van der Waals surface area contributed by atoms with Crippen LogP contribution in [0.1, 0.15) is 41.1 Å². The number of rotatable bonds is 5. The number of nitrogens with one attached hydrogen (secondary N) is 2. The number of carbonyl (C=O) groups excluding carboxylic acids is 1. The number of ether oxygens (including phenoxy) is 2. The van der Waals surface area contributed by atoms with Gasteiger partial charge in [0.1, 0.15) is 17.1 Å². The Morgan fingerprint density at radius 1 is 1.10 bits per heavy atom. The summed E-state index contributed by atoms with van der Waals surface area (Å²) >= 11 is 0. The fourth-order valence-corrected chi connectivity index (χ4v) is 4.60. The van der Waals surface area contributed by atoms with E-state index in [2.05, 4.69) is 28.0 Å². The Balaban J connectivity index is 1.66. The second-order valence-electron chi connectivity index (χ2n) is 7.54. The number of benzene rings is 1. The van der Waals surface area contributed by atoms with E-state index in [0.717, 1.165) is 32.4 Å². The van der Waals surface area contributed by atoms with E-state index in [1.165, 1.54) is 5.56 Å². The van der Waals surface area contributed by atoms with Crippen LogP contribution in [0.15, 0.2) is 42.7 Å². The lowest BCUT2D eigenvalue weighted by molar-refractivity contribution is 0.0544. The first kappa shape index (κ1) is 19.7. The molecule has 0 radical (unpaired) electrons. The molecule has 2 N–H and O–H groups in total. The molecule has 2 aromatic rings. The molecule has 7 nitrogen and oxygen atoms in total. The highest BCUT2D eigenvalue weighted by atomic mass is 16.5. The second-order valence-corrected chi connectivity index (χ2v) is 7.54. The summed E-state index contributed by atoms with van der Waals surface area (Å²) < 4.78 is 11.0. The molecule has 154 valence electrons. The maximum Gasteiger partial charge on any atom is 0.261 e. The van der Waals surface area contributed by atoms with Gasteiger partial charge in [-0.25, -0.2) is 0 Å². The van der Waals surface area contributed by atoms with Crippen molar-refractivity contribution in [1.29, 1.82) is 0 Å². The van der Waals surface area contributed by atoms with Crippen LogP contribution in [0.5, 0.6) is 11.5 Å². The number of aromatic nitrogens is 1. The van der Waals surface area contributed by atoms with Crippen LogP contribution < -0.4 is 20.3 Å². The maximum atomic E-state index is 13.7. The van der Waals surface area contributed by atoms with Crippen molar-refractivity contribution in [3.63, 3.8) is 0 Å². The predicted octanol–water partition coefficient (Wildman–Crippen LogP) is 2.35. The largest absolute Gasteiger partial charge is 0.496 e. The van der Waals surface area contributed by atoms with Gasteiger partial charge < -0.3 is 14.4 Å². The quantitative estimate of drug-likeness (QED) is 0.808. The Bertz CT molecular complexity index is 823. The van der Waals surface area contributed by atoms with E-state index in [9.17, 15) is 4.79 Å². The van der Waals surface area contributed by atoms with Gasteiger partial charge in [-0.2, -0.15) is 0 Å². The minimum Gasteiger partial charge on any atom is -0.496 e. The molecule has 2 aliphatic heterocycles. The molecule has 1 aromatic carbocycles. The summed E-state index contributed by atoms with van der Waals surface area (Å²) in [5.41, 5.74) is 8.47. The molecule has 3 heterocycles. The van der Waals surface area contributed by atoms with Gasteiger partial charge in [-0.1, -0.05) is 6.07 Å². The minimum atomic E-state index is -0.0359. The van der Waals surface area contributed by atoms with E-state index in [1.807, 2.05) is 35.5 Å². The molecular weight excluding hydrogens is 368 g/mol. The van der Waals surface area contributed by atoms with E-state index >= 15 is 0 Å². The van der Waals surface area contributed by atoms with E-state index in [1.54, 1.807) is 14.2 Å². The highest BCUT2D eigenvalue weighted by Gasteiger charge is 2.41. The Labute approximate surface area is 171 Å². The molecule has 4 rings (SSSR count). The third-order valence-corrected chi connectivity index (χ3v) is 6.02. The van der Waals surface area contributed by atoms with Crippen molar-refractivity contribution >= 4 is 5.91 Å². The third kappa shape index (κ3) is 3.80. The van der Waals surface area contributed by atoms with Crippen LogP contribution in [0.2, 0.25) is 0 Å². The molecule has 0 spiro atoms. The molecule has 1 aromatic heterocycles. The first-order valence-electron chi connectivity index (χ1n) is 10.1. The van der Waals surface area contributed by atoms with Gasteiger partial charge in [-0.05, 0) is 49.1 Å². The van der Waals surface area contributed by atoms with Crippen molar-refractivity contribution in [2.45, 2.75) is 37.3 Å². The zero-order valence-electron chi connectivity index (χ0n) is 16.9. The molecular formula is C22H28N4O3. The lowest BCUT2D eigenvalue weighted by Crippen LogP contribution is -2.55.